The van der Waals surface area contributed by atoms with Crippen LogP contribution in [-0.4, -0.2) is 77.0 Å². The molecule has 0 amide bonds. The van der Waals surface area contributed by atoms with Crippen LogP contribution in [0.4, 0.5) is 5.69 Å². The van der Waals surface area contributed by atoms with Gasteiger partial charge in [-0.15, -0.1) is 0 Å². The zero-order chi connectivity index (χ0) is 35.4. The standard InChI is InChI=1S/C7H9N.3C7H6O3.C5H14N3.Li/c1-6-4-2-3-5-7(6)8;3*8-6-4-2-1-3-5(6)7(9)10;1-7-5(6)8(2,3)4;/h2-5H,8H2,1H3;3*1-4,8H,(H,9,10);1-4H3,(H2,6,7);/q;;;;2*+1/p-2. The number of hydrogen-bond acceptors (Lipinski definition) is 8. The topological polar surface area (TPSA) is 243 Å². The molecule has 0 radical (unpaired) electrons. The van der Waals surface area contributed by atoms with Gasteiger partial charge in [0.25, 0.3) is 5.96 Å². The van der Waals surface area contributed by atoms with Gasteiger partial charge in [-0.05, 0) is 42.8 Å². The van der Waals surface area contributed by atoms with E-state index in [4.69, 9.17) is 31.9 Å². The maximum absolute atomic E-state index is 10.7. The Balaban J connectivity index is 0. The van der Waals surface area contributed by atoms with Crippen LogP contribution in [0.2, 0.25) is 0 Å². The number of anilines is 1. The van der Waals surface area contributed by atoms with Crippen LogP contribution < -0.4 is 40.5 Å². The molecule has 0 bridgehead atoms. The number of nitrogens with zero attached hydrogens (tertiary/aromatic N) is 2. The van der Waals surface area contributed by atoms with Crippen molar-refractivity contribution in [2.75, 3.05) is 33.9 Å². The molecule has 47 heavy (non-hydrogen) atoms. The first kappa shape index (κ1) is 43.6. The van der Waals surface area contributed by atoms with Crippen molar-refractivity contribution in [1.82, 2.24) is 0 Å². The number of aliphatic imine (C=N–C) groups is 1. The number of carbonyl (C=O) groups is 3. The molecular formula is C33H39LiN4O9. The molecule has 0 spiro atoms. The minimum Gasteiger partial charge on any atom is -0.872 e. The van der Waals surface area contributed by atoms with E-state index in [1.54, 1.807) is 19.2 Å². The molecule has 4 aromatic rings. The number of phenols is 1. The summed E-state index contributed by atoms with van der Waals surface area (Å²) < 4.78 is 0.608. The number of nitrogens with two attached hydrogens (primary N) is 2. The van der Waals surface area contributed by atoms with Gasteiger partial charge < -0.3 is 42.1 Å². The monoisotopic (exact) mass is 642 g/mol. The molecule has 0 aliphatic carbocycles. The van der Waals surface area contributed by atoms with E-state index in [-0.39, 0.29) is 41.3 Å². The van der Waals surface area contributed by atoms with E-state index in [2.05, 4.69) is 4.99 Å². The molecule has 0 heterocycles. The minimum absolute atomic E-state index is 0. The molecule has 4 aromatic carbocycles. The van der Waals surface area contributed by atoms with Gasteiger partial charge in [0.2, 0.25) is 0 Å². The summed E-state index contributed by atoms with van der Waals surface area (Å²) in [5, 5.41) is 55.4. The van der Waals surface area contributed by atoms with Crippen molar-refractivity contribution in [2.45, 2.75) is 6.92 Å². The molecule has 0 aromatic heterocycles. The number of guanidine groups is 1. The average Bonchev–Trinajstić information content (AvgIpc) is 2.99. The molecule has 0 saturated heterocycles. The number of aromatic hydroxyl groups is 1. The van der Waals surface area contributed by atoms with Crippen LogP contribution in [-0.2, 0) is 0 Å². The van der Waals surface area contributed by atoms with Crippen molar-refractivity contribution < 1.29 is 68.4 Å². The third kappa shape index (κ3) is 17.6. The Bertz CT molecular complexity index is 1450. The summed E-state index contributed by atoms with van der Waals surface area (Å²) in [7, 11) is 7.62. The summed E-state index contributed by atoms with van der Waals surface area (Å²) in [4.78, 5) is 34.5. The molecule has 8 N–H and O–H groups in total. The van der Waals surface area contributed by atoms with Crippen molar-refractivity contribution in [3.8, 4) is 17.2 Å². The first-order valence-corrected chi connectivity index (χ1v) is 13.3. The molecule has 13 nitrogen and oxygen atoms in total. The minimum atomic E-state index is -1.18. The normalized spacial score (nSPS) is 9.85. The summed E-state index contributed by atoms with van der Waals surface area (Å²) in [5.41, 5.74) is 12.6. The zero-order valence-electron chi connectivity index (χ0n) is 27.1. The number of hydrogen-bond donors (Lipinski definition) is 6. The Labute approximate surface area is 285 Å². The van der Waals surface area contributed by atoms with Crippen LogP contribution in [0.3, 0.4) is 0 Å². The SMILES string of the molecule is CN=C(N)[N+](C)(C)C.Cc1ccccc1N.O=C(O)c1ccccc1O.O=C(O)c1ccccc1[O-].O=C(O)c1ccccc1[O-].[Li+]. The number of para-hydroxylation sites is 4. The first-order valence-electron chi connectivity index (χ1n) is 13.3. The predicted octanol–water partition coefficient (Wildman–Crippen LogP) is 0.226. The average molecular weight is 643 g/mol. The predicted molar refractivity (Wildman–Crippen MR) is 172 cm³/mol. The number of aromatic carboxylic acids is 3. The van der Waals surface area contributed by atoms with Gasteiger partial charge in [-0.2, -0.15) is 0 Å². The van der Waals surface area contributed by atoms with Crippen molar-refractivity contribution in [3.63, 3.8) is 0 Å². The largest absolute Gasteiger partial charge is 1.00 e. The van der Waals surface area contributed by atoms with Crippen molar-refractivity contribution >= 4 is 29.6 Å². The number of carboxylic acid groups (broad SMARTS) is 3. The first-order chi connectivity index (χ1) is 21.4. The number of rotatable bonds is 3. The third-order valence-corrected chi connectivity index (χ3v) is 5.47. The molecule has 0 aliphatic heterocycles. The van der Waals surface area contributed by atoms with Crippen LogP contribution in [0.25, 0.3) is 0 Å². The van der Waals surface area contributed by atoms with Crippen LogP contribution in [0.15, 0.2) is 102 Å². The van der Waals surface area contributed by atoms with Crippen LogP contribution in [0.1, 0.15) is 36.6 Å². The fourth-order valence-electron chi connectivity index (χ4n) is 2.83. The van der Waals surface area contributed by atoms with Gasteiger partial charge in [-0.25, -0.2) is 19.4 Å². The Morgan fingerprint density at radius 1 is 0.660 bits per heavy atom. The second-order valence-electron chi connectivity index (χ2n) is 9.88. The fourth-order valence-corrected chi connectivity index (χ4v) is 2.83. The smallest absolute Gasteiger partial charge is 0.872 e. The van der Waals surface area contributed by atoms with Crippen molar-refractivity contribution in [3.05, 3.63) is 119 Å². The fraction of sp³-hybridized carbons (Fsp3) is 0.152. The van der Waals surface area contributed by atoms with Gasteiger partial charge in [0.05, 0.1) is 32.3 Å². The molecular weight excluding hydrogens is 603 g/mol. The Kier molecular flexibility index (Phi) is 20.5. The molecule has 0 aliphatic rings. The molecule has 0 unspecified atom stereocenters. The zero-order valence-corrected chi connectivity index (χ0v) is 27.1. The molecule has 0 fully saturated rings. The number of benzene rings is 4. The van der Waals surface area contributed by atoms with Crippen LogP contribution in [0.5, 0.6) is 17.2 Å². The Hall–Kier alpha value is -5.48. The van der Waals surface area contributed by atoms with Crippen LogP contribution in [0, 0.1) is 6.92 Å². The second kappa shape index (κ2) is 22.1. The summed E-state index contributed by atoms with van der Waals surface area (Å²) >= 11 is 0. The maximum Gasteiger partial charge on any atom is 1.00 e. The number of carboxylic acids is 3. The van der Waals surface area contributed by atoms with Gasteiger partial charge in [-0.3, -0.25) is 4.48 Å². The summed E-state index contributed by atoms with van der Waals surface area (Å²) in [5.74, 6) is -3.92. The molecule has 0 saturated carbocycles. The summed E-state index contributed by atoms with van der Waals surface area (Å²) in [6.45, 7) is 2.00. The van der Waals surface area contributed by atoms with Gasteiger partial charge in [0, 0.05) is 12.7 Å². The second-order valence-corrected chi connectivity index (χ2v) is 9.88. The third-order valence-electron chi connectivity index (χ3n) is 5.47. The molecule has 4 rings (SSSR count). The van der Waals surface area contributed by atoms with Crippen LogP contribution >= 0.6 is 0 Å². The van der Waals surface area contributed by atoms with Gasteiger partial charge in [0.15, 0.2) is 0 Å². The summed E-state index contributed by atoms with van der Waals surface area (Å²) in [6, 6.07) is 24.7. The van der Waals surface area contributed by atoms with E-state index in [9.17, 15) is 24.6 Å². The van der Waals surface area contributed by atoms with E-state index in [0.717, 1.165) is 11.3 Å². The summed E-state index contributed by atoms with van der Waals surface area (Å²) in [6.07, 6.45) is 0. The number of quaternary nitrogens is 1. The van der Waals surface area contributed by atoms with Gasteiger partial charge in [-0.1, -0.05) is 78.2 Å². The quantitative estimate of drug-likeness (QED) is 0.0581. The Morgan fingerprint density at radius 2 is 1.00 bits per heavy atom. The molecule has 0 atom stereocenters. The van der Waals surface area contributed by atoms with E-state index < -0.39 is 29.4 Å². The molecule has 14 heteroatoms. The van der Waals surface area contributed by atoms with Crippen molar-refractivity contribution in [1.29, 1.82) is 0 Å². The molecule has 246 valence electrons. The number of aryl methyl sites for hydroxylation is 1. The number of nitrogen functional groups attached to an aromatic ring is 1. The Morgan fingerprint density at radius 3 is 1.21 bits per heavy atom. The van der Waals surface area contributed by atoms with E-state index >= 15 is 0 Å². The van der Waals surface area contributed by atoms with E-state index in [0.29, 0.717) is 10.4 Å². The van der Waals surface area contributed by atoms with E-state index in [1.807, 2.05) is 52.3 Å². The van der Waals surface area contributed by atoms with Gasteiger partial charge in [0.1, 0.15) is 11.3 Å². The van der Waals surface area contributed by atoms with E-state index in [1.165, 1.54) is 60.7 Å². The van der Waals surface area contributed by atoms with Gasteiger partial charge >= 0.3 is 36.8 Å². The van der Waals surface area contributed by atoms with Crippen molar-refractivity contribution in [2.24, 2.45) is 10.7 Å². The maximum atomic E-state index is 10.7.